The van der Waals surface area contributed by atoms with Gasteiger partial charge in [0.2, 0.25) is 0 Å². The molecule has 1 aliphatic heterocycles. The maximum atomic E-state index is 11.6. The van der Waals surface area contributed by atoms with Gasteiger partial charge in [-0.3, -0.25) is 0 Å². The summed E-state index contributed by atoms with van der Waals surface area (Å²) in [4.78, 5) is 11.6. The van der Waals surface area contributed by atoms with Crippen LogP contribution in [0.4, 0.5) is 0 Å². The van der Waals surface area contributed by atoms with E-state index in [0.29, 0.717) is 17.9 Å². The molecule has 0 unspecified atom stereocenters. The second-order valence-electron chi connectivity index (χ2n) is 5.87. The van der Waals surface area contributed by atoms with E-state index >= 15 is 0 Å². The van der Waals surface area contributed by atoms with Gasteiger partial charge in [-0.05, 0) is 61.0 Å². The first kappa shape index (κ1) is 14.8. The van der Waals surface area contributed by atoms with E-state index in [9.17, 15) is 9.90 Å². The van der Waals surface area contributed by atoms with E-state index in [1.165, 1.54) is 5.56 Å². The zero-order valence-electron chi connectivity index (χ0n) is 12.6. The topological polar surface area (TPSA) is 49.3 Å². The average Bonchev–Trinajstić information content (AvgIpc) is 2.56. The molecule has 2 aromatic carbocycles. The summed E-state index contributed by atoms with van der Waals surface area (Å²) in [6.07, 6.45) is 2.83. The number of benzene rings is 2. The Kier molecular flexibility index (Phi) is 4.54. The minimum absolute atomic E-state index is 0.444. The number of carboxylic acid groups (broad SMARTS) is 1. The van der Waals surface area contributed by atoms with Gasteiger partial charge in [0, 0.05) is 0 Å². The molecule has 0 bridgehead atoms. The van der Waals surface area contributed by atoms with Crippen LogP contribution in [-0.2, 0) is 6.42 Å². The molecule has 0 spiro atoms. The predicted octanol–water partition coefficient (Wildman–Crippen LogP) is 3.44. The highest BCUT2D eigenvalue weighted by Gasteiger charge is 2.22. The van der Waals surface area contributed by atoms with E-state index in [-0.39, 0.29) is 0 Å². The summed E-state index contributed by atoms with van der Waals surface area (Å²) >= 11 is 0. The van der Waals surface area contributed by atoms with Gasteiger partial charge in [0.1, 0.15) is 0 Å². The summed E-state index contributed by atoms with van der Waals surface area (Å²) in [6.45, 7) is 2.01. The molecule has 1 heterocycles. The lowest BCUT2D eigenvalue weighted by Gasteiger charge is -2.26. The van der Waals surface area contributed by atoms with Crippen molar-refractivity contribution in [2.75, 3.05) is 13.1 Å². The molecule has 2 aromatic rings. The fourth-order valence-electron chi connectivity index (χ4n) is 3.32. The van der Waals surface area contributed by atoms with Crippen LogP contribution in [0.5, 0.6) is 0 Å². The van der Waals surface area contributed by atoms with Crippen molar-refractivity contribution >= 4 is 5.97 Å². The number of nitrogens with one attached hydrogen (secondary N) is 1. The maximum Gasteiger partial charge on any atom is 0.335 e. The van der Waals surface area contributed by atoms with Crippen molar-refractivity contribution in [3.8, 4) is 0 Å². The Labute approximate surface area is 131 Å². The van der Waals surface area contributed by atoms with Crippen LogP contribution in [0.3, 0.4) is 0 Å². The molecule has 1 saturated heterocycles. The highest BCUT2D eigenvalue weighted by Crippen LogP contribution is 2.31. The Morgan fingerprint density at radius 1 is 1.05 bits per heavy atom. The van der Waals surface area contributed by atoms with Gasteiger partial charge in [0.15, 0.2) is 0 Å². The van der Waals surface area contributed by atoms with Crippen molar-refractivity contribution in [2.24, 2.45) is 0 Å². The molecule has 0 aliphatic carbocycles. The van der Waals surface area contributed by atoms with Gasteiger partial charge in [-0.2, -0.15) is 0 Å². The Bertz CT molecular complexity index is 646. The molecule has 1 fully saturated rings. The van der Waals surface area contributed by atoms with E-state index in [0.717, 1.165) is 37.1 Å². The Balaban J connectivity index is 2.01. The number of hydrogen-bond acceptors (Lipinski definition) is 2. The highest BCUT2D eigenvalue weighted by molar-refractivity contribution is 5.90. The molecule has 1 aliphatic rings. The molecule has 0 radical (unpaired) electrons. The van der Waals surface area contributed by atoms with Gasteiger partial charge in [-0.25, -0.2) is 4.79 Å². The van der Waals surface area contributed by atoms with Crippen LogP contribution in [0.2, 0.25) is 0 Å². The Morgan fingerprint density at radius 3 is 2.45 bits per heavy atom. The molecular weight excluding hydrogens is 274 g/mol. The largest absolute Gasteiger partial charge is 0.478 e. The maximum absolute atomic E-state index is 11.6. The van der Waals surface area contributed by atoms with Gasteiger partial charge in [-0.15, -0.1) is 0 Å². The third-order valence-electron chi connectivity index (χ3n) is 4.45. The van der Waals surface area contributed by atoms with E-state index in [1.807, 2.05) is 24.3 Å². The molecule has 0 aromatic heterocycles. The van der Waals surface area contributed by atoms with E-state index in [1.54, 1.807) is 6.07 Å². The normalized spacial score (nSPS) is 15.6. The van der Waals surface area contributed by atoms with E-state index in [4.69, 9.17) is 0 Å². The number of piperidine rings is 1. The van der Waals surface area contributed by atoms with E-state index in [2.05, 4.69) is 23.5 Å². The summed E-state index contributed by atoms with van der Waals surface area (Å²) < 4.78 is 0. The standard InChI is InChI=1S/C19H21NO2/c21-19(22)17-8-4-7-16(15-9-11-20-12-10-15)18(17)13-14-5-2-1-3-6-14/h1-8,15,20H,9-13H2,(H,21,22). The molecule has 3 nitrogen and oxygen atoms in total. The van der Waals surface area contributed by atoms with Crippen molar-refractivity contribution in [3.05, 3.63) is 70.8 Å². The monoisotopic (exact) mass is 295 g/mol. The molecule has 2 N–H and O–H groups in total. The first-order valence-corrected chi connectivity index (χ1v) is 7.85. The summed E-state index contributed by atoms with van der Waals surface area (Å²) in [5, 5.41) is 12.9. The van der Waals surface area contributed by atoms with Crippen LogP contribution in [0.15, 0.2) is 48.5 Å². The van der Waals surface area contributed by atoms with Crippen LogP contribution in [0.25, 0.3) is 0 Å². The van der Waals surface area contributed by atoms with Crippen molar-refractivity contribution < 1.29 is 9.90 Å². The number of aromatic carboxylic acids is 1. The van der Waals surface area contributed by atoms with Gasteiger partial charge >= 0.3 is 5.97 Å². The molecule has 3 rings (SSSR count). The second-order valence-corrected chi connectivity index (χ2v) is 5.87. The summed E-state index contributed by atoms with van der Waals surface area (Å²) in [5.41, 5.74) is 3.80. The Hall–Kier alpha value is -2.13. The van der Waals surface area contributed by atoms with Gasteiger partial charge in [-0.1, -0.05) is 42.5 Å². The van der Waals surface area contributed by atoms with Crippen LogP contribution in [0, 0.1) is 0 Å². The van der Waals surface area contributed by atoms with Crippen molar-refractivity contribution in [2.45, 2.75) is 25.2 Å². The lowest BCUT2D eigenvalue weighted by molar-refractivity contribution is 0.0695. The molecule has 0 atom stereocenters. The van der Waals surface area contributed by atoms with Crippen LogP contribution >= 0.6 is 0 Å². The number of carbonyl (C=O) groups is 1. The lowest BCUT2D eigenvalue weighted by atomic mass is 9.83. The molecular formula is C19H21NO2. The minimum atomic E-state index is -0.832. The molecule has 0 amide bonds. The van der Waals surface area contributed by atoms with E-state index < -0.39 is 5.97 Å². The number of rotatable bonds is 4. The summed E-state index contributed by atoms with van der Waals surface area (Å²) in [7, 11) is 0. The van der Waals surface area contributed by atoms with Crippen molar-refractivity contribution in [1.29, 1.82) is 0 Å². The average molecular weight is 295 g/mol. The molecule has 114 valence electrons. The second kappa shape index (κ2) is 6.75. The quantitative estimate of drug-likeness (QED) is 0.908. The third-order valence-corrected chi connectivity index (χ3v) is 4.45. The Morgan fingerprint density at radius 2 is 1.77 bits per heavy atom. The first-order valence-electron chi connectivity index (χ1n) is 7.85. The number of hydrogen-bond donors (Lipinski definition) is 2. The van der Waals surface area contributed by atoms with Crippen molar-refractivity contribution in [1.82, 2.24) is 5.32 Å². The molecule has 0 saturated carbocycles. The fraction of sp³-hybridized carbons (Fsp3) is 0.316. The van der Waals surface area contributed by atoms with Crippen molar-refractivity contribution in [3.63, 3.8) is 0 Å². The summed E-state index contributed by atoms with van der Waals surface area (Å²) in [6, 6.07) is 15.8. The highest BCUT2D eigenvalue weighted by atomic mass is 16.4. The van der Waals surface area contributed by atoms with Crippen LogP contribution in [0.1, 0.15) is 45.8 Å². The summed E-state index contributed by atoms with van der Waals surface area (Å²) in [5.74, 6) is -0.374. The predicted molar refractivity (Wildman–Crippen MR) is 87.5 cm³/mol. The first-order chi connectivity index (χ1) is 10.8. The van der Waals surface area contributed by atoms with Gasteiger partial charge < -0.3 is 10.4 Å². The fourth-order valence-corrected chi connectivity index (χ4v) is 3.32. The van der Waals surface area contributed by atoms with Crippen LogP contribution in [-0.4, -0.2) is 24.2 Å². The SMILES string of the molecule is O=C(O)c1cccc(C2CCNCC2)c1Cc1ccccc1. The molecule has 22 heavy (non-hydrogen) atoms. The zero-order valence-corrected chi connectivity index (χ0v) is 12.6. The van der Waals surface area contributed by atoms with Crippen LogP contribution < -0.4 is 5.32 Å². The molecule has 3 heteroatoms. The zero-order chi connectivity index (χ0) is 15.4. The van der Waals surface area contributed by atoms with Gasteiger partial charge in [0.05, 0.1) is 5.56 Å². The van der Waals surface area contributed by atoms with Gasteiger partial charge in [0.25, 0.3) is 0 Å². The third kappa shape index (κ3) is 3.20. The number of carboxylic acids is 1. The smallest absolute Gasteiger partial charge is 0.335 e. The lowest BCUT2D eigenvalue weighted by Crippen LogP contribution is -2.27. The minimum Gasteiger partial charge on any atom is -0.478 e.